The number of aryl methyl sites for hydroxylation is 2. The molecular formula is C16H20N4O2S. The quantitative estimate of drug-likeness (QED) is 0.861. The van der Waals surface area contributed by atoms with Gasteiger partial charge >= 0.3 is 0 Å². The van der Waals surface area contributed by atoms with Crippen LogP contribution in [0.15, 0.2) is 17.8 Å². The summed E-state index contributed by atoms with van der Waals surface area (Å²) in [6.07, 6.45) is 2.46. The molecule has 23 heavy (non-hydrogen) atoms. The van der Waals surface area contributed by atoms with Crippen LogP contribution < -0.4 is 0 Å². The summed E-state index contributed by atoms with van der Waals surface area (Å²) >= 11 is 1.77. The summed E-state index contributed by atoms with van der Waals surface area (Å²) in [5, 5.41) is 10.1. The molecule has 1 saturated carbocycles. The highest BCUT2D eigenvalue weighted by Gasteiger charge is 2.47. The van der Waals surface area contributed by atoms with E-state index < -0.39 is 0 Å². The van der Waals surface area contributed by atoms with Crippen LogP contribution in [0.2, 0.25) is 0 Å². The number of carbonyl (C=O) groups excluding carboxylic acids is 1. The Morgan fingerprint density at radius 2 is 2.35 bits per heavy atom. The lowest BCUT2D eigenvalue weighted by Crippen LogP contribution is -2.43. The second kappa shape index (κ2) is 5.72. The van der Waals surface area contributed by atoms with Gasteiger partial charge in [0.1, 0.15) is 12.4 Å². The molecule has 0 N–H and O–H groups in total. The number of nitrogens with zero attached hydrogens (tertiary/aromatic N) is 4. The van der Waals surface area contributed by atoms with Gasteiger partial charge in [0, 0.05) is 30.3 Å². The molecule has 1 aliphatic heterocycles. The Labute approximate surface area is 139 Å². The molecule has 0 aromatic carbocycles. The van der Waals surface area contributed by atoms with Crippen LogP contribution in [-0.2, 0) is 16.6 Å². The lowest BCUT2D eigenvalue weighted by Gasteiger charge is -2.32. The maximum atomic E-state index is 12.8. The Balaban J connectivity index is 1.43. The Morgan fingerprint density at radius 1 is 1.48 bits per heavy atom. The smallest absolute Gasteiger partial charge is 0.226 e. The summed E-state index contributed by atoms with van der Waals surface area (Å²) in [6, 6.07) is 2.14. The van der Waals surface area contributed by atoms with Gasteiger partial charge in [0.25, 0.3) is 0 Å². The first-order chi connectivity index (χ1) is 11.1. The molecule has 2 fully saturated rings. The maximum absolute atomic E-state index is 12.8. The van der Waals surface area contributed by atoms with E-state index in [4.69, 9.17) is 4.74 Å². The Bertz CT molecular complexity index is 725. The van der Waals surface area contributed by atoms with Gasteiger partial charge in [-0.2, -0.15) is 0 Å². The largest absolute Gasteiger partial charge is 0.366 e. The summed E-state index contributed by atoms with van der Waals surface area (Å²) < 4.78 is 7.64. The summed E-state index contributed by atoms with van der Waals surface area (Å²) in [5.41, 5.74) is 1.31. The van der Waals surface area contributed by atoms with Gasteiger partial charge in [-0.05, 0) is 30.4 Å². The van der Waals surface area contributed by atoms with Crippen LogP contribution in [0.4, 0.5) is 0 Å². The monoisotopic (exact) mass is 332 g/mol. The molecule has 122 valence electrons. The zero-order chi connectivity index (χ0) is 16.0. The fraction of sp³-hybridized carbons (Fsp3) is 0.562. The number of thiophene rings is 1. The minimum absolute atomic E-state index is 0.144. The van der Waals surface area contributed by atoms with E-state index in [1.165, 1.54) is 10.4 Å². The number of amides is 1. The highest BCUT2D eigenvalue weighted by atomic mass is 32.1. The molecule has 6 nitrogen and oxygen atoms in total. The van der Waals surface area contributed by atoms with Crippen molar-refractivity contribution in [3.05, 3.63) is 34.0 Å². The lowest BCUT2D eigenvalue weighted by atomic mass is 10.1. The normalized spacial score (nSPS) is 27.2. The molecule has 0 radical (unpaired) electrons. The van der Waals surface area contributed by atoms with Gasteiger partial charge in [-0.15, -0.1) is 21.5 Å². The number of hydrogen-bond donors (Lipinski definition) is 0. The minimum atomic E-state index is -0.180. The SMILES string of the molecule is Cc1ccsc1[C@@H]1C[C@H]1C(=O)N1CCO[C@@H](c2nncn2C)C1. The third-order valence-electron chi connectivity index (χ3n) is 4.76. The van der Waals surface area contributed by atoms with E-state index in [2.05, 4.69) is 28.6 Å². The van der Waals surface area contributed by atoms with Gasteiger partial charge in [0.2, 0.25) is 5.91 Å². The summed E-state index contributed by atoms with van der Waals surface area (Å²) in [5.74, 6) is 1.60. The van der Waals surface area contributed by atoms with E-state index >= 15 is 0 Å². The molecule has 1 aliphatic carbocycles. The molecule has 0 bridgehead atoms. The van der Waals surface area contributed by atoms with Crippen LogP contribution in [0.25, 0.3) is 0 Å². The van der Waals surface area contributed by atoms with Gasteiger partial charge in [-0.1, -0.05) is 0 Å². The number of rotatable bonds is 3. The molecule has 3 atom stereocenters. The first kappa shape index (κ1) is 14.8. The van der Waals surface area contributed by atoms with Gasteiger partial charge < -0.3 is 14.2 Å². The van der Waals surface area contributed by atoms with Crippen molar-refractivity contribution in [2.75, 3.05) is 19.7 Å². The van der Waals surface area contributed by atoms with Crippen molar-refractivity contribution in [1.29, 1.82) is 0 Å². The summed E-state index contributed by atoms with van der Waals surface area (Å²) in [7, 11) is 1.90. The predicted molar refractivity (Wildman–Crippen MR) is 86.2 cm³/mol. The average Bonchev–Trinajstić information content (AvgIpc) is 3.04. The third-order valence-corrected chi connectivity index (χ3v) is 5.91. The standard InChI is InChI=1S/C16H20N4O2S/c1-10-3-6-23-14(10)11-7-12(11)16(21)20-4-5-22-13(8-20)15-18-17-9-19(15)2/h3,6,9,11-13H,4-5,7-8H2,1-2H3/t11-,12-,13-/m1/s1. The second-order valence-corrected chi connectivity index (χ2v) is 7.31. The van der Waals surface area contributed by atoms with E-state index in [-0.39, 0.29) is 17.9 Å². The number of carbonyl (C=O) groups is 1. The van der Waals surface area contributed by atoms with Crippen LogP contribution in [0.5, 0.6) is 0 Å². The van der Waals surface area contributed by atoms with E-state index in [9.17, 15) is 4.79 Å². The van der Waals surface area contributed by atoms with Crippen LogP contribution in [0.3, 0.4) is 0 Å². The van der Waals surface area contributed by atoms with Crippen LogP contribution in [-0.4, -0.2) is 45.3 Å². The molecule has 0 spiro atoms. The van der Waals surface area contributed by atoms with Crippen LogP contribution >= 0.6 is 11.3 Å². The minimum Gasteiger partial charge on any atom is -0.366 e. The van der Waals surface area contributed by atoms with Gasteiger partial charge in [0.05, 0.1) is 13.2 Å². The molecule has 2 aromatic heterocycles. The predicted octanol–water partition coefficient (Wildman–Crippen LogP) is 1.89. The van der Waals surface area contributed by atoms with Crippen molar-refractivity contribution in [3.8, 4) is 0 Å². The van der Waals surface area contributed by atoms with Crippen molar-refractivity contribution in [3.63, 3.8) is 0 Å². The zero-order valence-electron chi connectivity index (χ0n) is 13.3. The molecule has 3 heterocycles. The molecule has 2 aliphatic rings. The van der Waals surface area contributed by atoms with Gasteiger partial charge in [-0.3, -0.25) is 4.79 Å². The highest BCUT2D eigenvalue weighted by molar-refractivity contribution is 7.10. The Morgan fingerprint density at radius 3 is 3.04 bits per heavy atom. The van der Waals surface area contributed by atoms with Crippen LogP contribution in [0.1, 0.15) is 34.7 Å². The number of hydrogen-bond acceptors (Lipinski definition) is 5. The Hall–Kier alpha value is -1.73. The fourth-order valence-electron chi connectivity index (χ4n) is 3.35. The van der Waals surface area contributed by atoms with Gasteiger partial charge in [0.15, 0.2) is 5.82 Å². The highest BCUT2D eigenvalue weighted by Crippen LogP contribution is 2.51. The van der Waals surface area contributed by atoms with Crippen LogP contribution in [0, 0.1) is 12.8 Å². The number of morpholine rings is 1. The summed E-state index contributed by atoms with van der Waals surface area (Å²) in [6.45, 7) is 3.92. The van der Waals surface area contributed by atoms with Crippen molar-refractivity contribution in [2.45, 2.75) is 25.4 Å². The maximum Gasteiger partial charge on any atom is 0.226 e. The number of aromatic nitrogens is 3. The lowest BCUT2D eigenvalue weighted by molar-refractivity contribution is -0.140. The molecule has 0 unspecified atom stereocenters. The topological polar surface area (TPSA) is 60.3 Å². The first-order valence-electron chi connectivity index (χ1n) is 7.93. The molecule has 1 saturated heterocycles. The van der Waals surface area contributed by atoms with Crippen molar-refractivity contribution < 1.29 is 9.53 Å². The molecule has 7 heteroatoms. The third kappa shape index (κ3) is 2.68. The molecule has 4 rings (SSSR count). The molecule has 1 amide bonds. The molecule has 2 aromatic rings. The average molecular weight is 332 g/mol. The van der Waals surface area contributed by atoms with Crippen molar-refractivity contribution in [2.24, 2.45) is 13.0 Å². The fourth-order valence-corrected chi connectivity index (χ4v) is 4.45. The van der Waals surface area contributed by atoms with E-state index in [1.54, 1.807) is 17.7 Å². The van der Waals surface area contributed by atoms with E-state index in [0.29, 0.717) is 25.6 Å². The van der Waals surface area contributed by atoms with Gasteiger partial charge in [-0.25, -0.2) is 0 Å². The van der Waals surface area contributed by atoms with Crippen molar-refractivity contribution in [1.82, 2.24) is 19.7 Å². The van der Waals surface area contributed by atoms with Crippen molar-refractivity contribution >= 4 is 17.2 Å². The molecular weight excluding hydrogens is 312 g/mol. The zero-order valence-corrected chi connectivity index (χ0v) is 14.1. The number of ether oxygens (including phenoxy) is 1. The van der Waals surface area contributed by atoms with E-state index in [0.717, 1.165) is 12.2 Å². The summed E-state index contributed by atoms with van der Waals surface area (Å²) in [4.78, 5) is 16.1. The van der Waals surface area contributed by atoms with E-state index in [1.807, 2.05) is 16.5 Å². The first-order valence-corrected chi connectivity index (χ1v) is 8.81. The second-order valence-electron chi connectivity index (χ2n) is 6.36. The Kier molecular flexibility index (Phi) is 3.69.